The first-order valence-corrected chi connectivity index (χ1v) is 10.3. The first-order chi connectivity index (χ1) is 15.9. The third kappa shape index (κ3) is 5.17. The molecule has 2 aromatic carbocycles. The van der Waals surface area contributed by atoms with Crippen LogP contribution >= 0.6 is 0 Å². The highest BCUT2D eigenvalue weighted by atomic mass is 19.1. The number of ether oxygens (including phenoxy) is 1. The SMILES string of the molecule is N=C1CCN(C(=O)OCc2ccccc2)C[C@H]1n1cc(C(N)=O)c(Nc2ccc(F)cc2)n1. The number of halogens is 1. The second kappa shape index (κ2) is 9.51. The van der Waals surface area contributed by atoms with Gasteiger partial charge in [-0.25, -0.2) is 9.18 Å². The Labute approximate surface area is 189 Å². The molecule has 1 fully saturated rings. The van der Waals surface area contributed by atoms with Crippen LogP contribution in [-0.2, 0) is 11.3 Å². The van der Waals surface area contributed by atoms with Crippen molar-refractivity contribution in [2.24, 2.45) is 5.73 Å². The molecule has 9 nitrogen and oxygen atoms in total. The maximum atomic E-state index is 13.2. The molecule has 2 amide bonds. The zero-order valence-electron chi connectivity index (χ0n) is 17.7. The molecule has 1 atom stereocenters. The van der Waals surface area contributed by atoms with Crippen molar-refractivity contribution in [1.82, 2.24) is 14.7 Å². The third-order valence-electron chi connectivity index (χ3n) is 5.33. The van der Waals surface area contributed by atoms with Crippen LogP contribution in [0.1, 0.15) is 28.4 Å². The topological polar surface area (TPSA) is 126 Å². The van der Waals surface area contributed by atoms with Crippen molar-refractivity contribution in [2.45, 2.75) is 19.1 Å². The summed E-state index contributed by atoms with van der Waals surface area (Å²) in [6, 6.07) is 14.3. The minimum atomic E-state index is -0.702. The molecule has 1 aliphatic rings. The molecule has 0 saturated carbocycles. The lowest BCUT2D eigenvalue weighted by molar-refractivity contribution is 0.0908. The standard InChI is InChI=1S/C23H23FN6O3/c24-16-6-8-17(9-7-16)27-22-18(21(26)31)12-30(28-22)20-13-29(11-10-19(20)25)23(32)33-14-15-4-2-1-3-5-15/h1-9,12,20,25H,10-11,13-14H2,(H2,26,31)(H,27,28)/t20-/m1/s1. The van der Waals surface area contributed by atoms with Gasteiger partial charge in [0.05, 0.1) is 6.54 Å². The molecule has 0 radical (unpaired) electrons. The Kier molecular flexibility index (Phi) is 6.34. The van der Waals surface area contributed by atoms with Gasteiger partial charge in [-0.05, 0) is 29.8 Å². The average Bonchev–Trinajstić information content (AvgIpc) is 3.24. The van der Waals surface area contributed by atoms with Crippen molar-refractivity contribution >= 4 is 29.2 Å². The number of nitrogens with zero attached hydrogens (tertiary/aromatic N) is 3. The number of primary amides is 1. The number of rotatable bonds is 6. The van der Waals surface area contributed by atoms with Gasteiger partial charge < -0.3 is 26.1 Å². The van der Waals surface area contributed by atoms with Gasteiger partial charge in [0.2, 0.25) is 0 Å². The van der Waals surface area contributed by atoms with Gasteiger partial charge in [-0.15, -0.1) is 0 Å². The summed E-state index contributed by atoms with van der Waals surface area (Å²) in [7, 11) is 0. The van der Waals surface area contributed by atoms with E-state index in [0.717, 1.165) is 5.56 Å². The van der Waals surface area contributed by atoms with Crippen molar-refractivity contribution < 1.29 is 18.7 Å². The fraction of sp³-hybridized carbons (Fsp3) is 0.217. The highest BCUT2D eigenvalue weighted by Crippen LogP contribution is 2.25. The predicted molar refractivity (Wildman–Crippen MR) is 120 cm³/mol. The van der Waals surface area contributed by atoms with Crippen LogP contribution in [0.4, 0.5) is 20.7 Å². The van der Waals surface area contributed by atoms with E-state index in [9.17, 15) is 14.0 Å². The van der Waals surface area contributed by atoms with E-state index in [1.165, 1.54) is 40.0 Å². The molecule has 2 heterocycles. The van der Waals surface area contributed by atoms with Crippen molar-refractivity contribution in [3.05, 3.63) is 77.7 Å². The van der Waals surface area contributed by atoms with Crippen LogP contribution in [0.25, 0.3) is 0 Å². The van der Waals surface area contributed by atoms with E-state index in [1.54, 1.807) is 0 Å². The Bertz CT molecular complexity index is 1160. The second-order valence-electron chi connectivity index (χ2n) is 7.64. The van der Waals surface area contributed by atoms with Gasteiger partial charge in [0.25, 0.3) is 5.91 Å². The fourth-order valence-corrected chi connectivity index (χ4v) is 3.55. The molecule has 0 bridgehead atoms. The molecule has 0 aliphatic carbocycles. The molecular weight excluding hydrogens is 427 g/mol. The molecular formula is C23H23FN6O3. The molecule has 170 valence electrons. The monoisotopic (exact) mass is 450 g/mol. The largest absolute Gasteiger partial charge is 0.445 e. The average molecular weight is 450 g/mol. The first-order valence-electron chi connectivity index (χ1n) is 10.3. The van der Waals surface area contributed by atoms with E-state index in [4.69, 9.17) is 15.9 Å². The zero-order chi connectivity index (χ0) is 23.4. The Morgan fingerprint density at radius 2 is 1.91 bits per heavy atom. The molecule has 4 N–H and O–H groups in total. The van der Waals surface area contributed by atoms with Crippen LogP contribution < -0.4 is 11.1 Å². The fourth-order valence-electron chi connectivity index (χ4n) is 3.55. The highest BCUT2D eigenvalue weighted by Gasteiger charge is 2.31. The molecule has 0 spiro atoms. The number of hydrogen-bond acceptors (Lipinski definition) is 6. The summed E-state index contributed by atoms with van der Waals surface area (Å²) < 4.78 is 20.1. The Balaban J connectivity index is 1.49. The Morgan fingerprint density at radius 1 is 1.18 bits per heavy atom. The van der Waals surface area contributed by atoms with Crippen LogP contribution in [-0.4, -0.2) is 45.5 Å². The van der Waals surface area contributed by atoms with Crippen LogP contribution in [0.5, 0.6) is 0 Å². The lowest BCUT2D eigenvalue weighted by Crippen LogP contribution is -2.45. The predicted octanol–water partition coefficient (Wildman–Crippen LogP) is 3.47. The van der Waals surface area contributed by atoms with Gasteiger partial charge in [-0.1, -0.05) is 30.3 Å². The van der Waals surface area contributed by atoms with Gasteiger partial charge in [-0.3, -0.25) is 9.48 Å². The maximum Gasteiger partial charge on any atom is 0.410 e. The van der Waals surface area contributed by atoms with Crippen molar-refractivity contribution in [3.63, 3.8) is 0 Å². The van der Waals surface area contributed by atoms with Gasteiger partial charge in [0.15, 0.2) is 5.82 Å². The molecule has 1 aromatic heterocycles. The maximum absolute atomic E-state index is 13.2. The highest BCUT2D eigenvalue weighted by molar-refractivity contribution is 5.98. The van der Waals surface area contributed by atoms with E-state index >= 15 is 0 Å². The normalized spacial score (nSPS) is 15.8. The first kappa shape index (κ1) is 22.0. The summed E-state index contributed by atoms with van der Waals surface area (Å²) in [4.78, 5) is 26.1. The molecule has 3 aromatic rings. The van der Waals surface area contributed by atoms with Crippen molar-refractivity contribution in [3.8, 4) is 0 Å². The number of anilines is 2. The van der Waals surface area contributed by atoms with Crippen LogP contribution in [0.15, 0.2) is 60.8 Å². The molecule has 0 unspecified atom stereocenters. The van der Waals surface area contributed by atoms with Crippen LogP contribution in [0.2, 0.25) is 0 Å². The summed E-state index contributed by atoms with van der Waals surface area (Å²) in [5.41, 5.74) is 7.40. The van der Waals surface area contributed by atoms with Gasteiger partial charge in [0.1, 0.15) is 24.0 Å². The number of amides is 2. The summed E-state index contributed by atoms with van der Waals surface area (Å²) in [6.07, 6.45) is 1.31. The van der Waals surface area contributed by atoms with Gasteiger partial charge >= 0.3 is 6.09 Å². The number of likely N-dealkylation sites (tertiary alicyclic amines) is 1. The third-order valence-corrected chi connectivity index (χ3v) is 5.33. The van der Waals surface area contributed by atoms with E-state index in [0.29, 0.717) is 24.4 Å². The quantitative estimate of drug-likeness (QED) is 0.530. The molecule has 1 aliphatic heterocycles. The molecule has 33 heavy (non-hydrogen) atoms. The van der Waals surface area contributed by atoms with E-state index < -0.39 is 23.9 Å². The molecule has 4 rings (SSSR count). The minimum Gasteiger partial charge on any atom is -0.445 e. The number of carbonyl (C=O) groups is 2. The summed E-state index contributed by atoms with van der Waals surface area (Å²) in [6.45, 7) is 0.674. The number of aromatic nitrogens is 2. The lowest BCUT2D eigenvalue weighted by Gasteiger charge is -2.32. The van der Waals surface area contributed by atoms with Gasteiger partial charge in [-0.2, -0.15) is 5.10 Å². The van der Waals surface area contributed by atoms with Crippen LogP contribution in [0.3, 0.4) is 0 Å². The number of carbonyl (C=O) groups excluding carboxylic acids is 2. The Morgan fingerprint density at radius 3 is 2.61 bits per heavy atom. The minimum absolute atomic E-state index is 0.121. The Hall–Kier alpha value is -4.21. The number of nitrogens with one attached hydrogen (secondary N) is 2. The number of nitrogens with two attached hydrogens (primary N) is 1. The number of piperidine rings is 1. The molecule has 1 saturated heterocycles. The summed E-state index contributed by atoms with van der Waals surface area (Å²) >= 11 is 0. The van der Waals surface area contributed by atoms with E-state index in [2.05, 4.69) is 10.4 Å². The van der Waals surface area contributed by atoms with Crippen molar-refractivity contribution in [1.29, 1.82) is 5.41 Å². The summed E-state index contributed by atoms with van der Waals surface area (Å²) in [5, 5.41) is 15.7. The number of hydrogen-bond donors (Lipinski definition) is 3. The number of benzene rings is 2. The van der Waals surface area contributed by atoms with Gasteiger partial charge in [0, 0.05) is 30.6 Å². The van der Waals surface area contributed by atoms with Crippen molar-refractivity contribution in [2.75, 3.05) is 18.4 Å². The lowest BCUT2D eigenvalue weighted by atomic mass is 10.0. The summed E-state index contributed by atoms with van der Waals surface area (Å²) in [5.74, 6) is -0.908. The zero-order valence-corrected chi connectivity index (χ0v) is 17.7. The van der Waals surface area contributed by atoms with E-state index in [1.807, 2.05) is 30.3 Å². The van der Waals surface area contributed by atoms with Crippen LogP contribution in [0, 0.1) is 11.2 Å². The molecule has 10 heteroatoms. The smallest absolute Gasteiger partial charge is 0.410 e. The second-order valence-corrected chi connectivity index (χ2v) is 7.64. The van der Waals surface area contributed by atoms with E-state index in [-0.39, 0.29) is 24.5 Å².